The van der Waals surface area contributed by atoms with Crippen molar-refractivity contribution in [2.75, 3.05) is 0 Å². The fraction of sp³-hybridized carbons (Fsp3) is 0.353. The number of amides is 1. The molecule has 0 fully saturated rings. The van der Waals surface area contributed by atoms with Gasteiger partial charge in [-0.1, -0.05) is 26.8 Å². The Morgan fingerprint density at radius 2 is 2.05 bits per heavy atom. The normalized spacial score (nSPS) is 12.3. The van der Waals surface area contributed by atoms with E-state index in [4.69, 9.17) is 5.26 Å². The van der Waals surface area contributed by atoms with Crippen LogP contribution in [-0.4, -0.2) is 10.5 Å². The number of benzene rings is 1. The fourth-order valence-electron chi connectivity index (χ4n) is 2.20. The number of nitrogens with zero attached hydrogens (tertiary/aromatic N) is 3. The molecular formula is C17H19N3OS. The first kappa shape index (κ1) is 16.2. The largest absolute Gasteiger partial charge is 0.324 e. The average molecular weight is 313 g/mol. The highest BCUT2D eigenvalue weighted by molar-refractivity contribution is 7.09. The lowest BCUT2D eigenvalue weighted by Gasteiger charge is -2.17. The van der Waals surface area contributed by atoms with Crippen LogP contribution < -0.4 is 4.80 Å². The smallest absolute Gasteiger partial charge is 0.279 e. The monoisotopic (exact) mass is 313 g/mol. The summed E-state index contributed by atoms with van der Waals surface area (Å²) in [4.78, 5) is 18.4. The Morgan fingerprint density at radius 1 is 1.36 bits per heavy atom. The molecule has 0 aliphatic rings. The molecule has 4 nitrogen and oxygen atoms in total. The maximum atomic E-state index is 12.3. The predicted molar refractivity (Wildman–Crippen MR) is 87.8 cm³/mol. The highest BCUT2D eigenvalue weighted by Crippen LogP contribution is 2.27. The first-order valence-corrected chi connectivity index (χ1v) is 7.82. The van der Waals surface area contributed by atoms with Gasteiger partial charge in [0.25, 0.3) is 5.91 Å². The zero-order valence-corrected chi connectivity index (χ0v) is 14.3. The van der Waals surface area contributed by atoms with E-state index in [-0.39, 0.29) is 11.3 Å². The molecule has 0 aliphatic carbocycles. The summed E-state index contributed by atoms with van der Waals surface area (Å²) in [6, 6.07) is 8.65. The van der Waals surface area contributed by atoms with Gasteiger partial charge in [-0.05, 0) is 30.5 Å². The molecule has 5 heteroatoms. The second-order valence-corrected chi connectivity index (χ2v) is 7.20. The van der Waals surface area contributed by atoms with Crippen LogP contribution in [0.5, 0.6) is 0 Å². The van der Waals surface area contributed by atoms with E-state index in [2.05, 4.69) is 25.8 Å². The number of hydrogen-bond donors (Lipinski definition) is 0. The van der Waals surface area contributed by atoms with Crippen LogP contribution >= 0.6 is 11.3 Å². The summed E-state index contributed by atoms with van der Waals surface area (Å²) in [6.07, 6.45) is 0. The molecule has 1 amide bonds. The molecule has 0 unspecified atom stereocenters. The Labute approximate surface area is 134 Å². The van der Waals surface area contributed by atoms with Gasteiger partial charge >= 0.3 is 0 Å². The van der Waals surface area contributed by atoms with E-state index in [1.807, 2.05) is 24.6 Å². The zero-order valence-electron chi connectivity index (χ0n) is 13.5. The van der Waals surface area contributed by atoms with E-state index in [9.17, 15) is 4.79 Å². The van der Waals surface area contributed by atoms with E-state index in [1.54, 1.807) is 24.3 Å². The molecule has 2 aromatic rings. The molecule has 0 bridgehead atoms. The summed E-state index contributed by atoms with van der Waals surface area (Å²) < 4.78 is 1.94. The van der Waals surface area contributed by atoms with Gasteiger partial charge in [-0.25, -0.2) is 0 Å². The summed E-state index contributed by atoms with van der Waals surface area (Å²) in [6.45, 7) is 8.48. The minimum absolute atomic E-state index is 0.0179. The lowest BCUT2D eigenvalue weighted by atomic mass is 9.93. The van der Waals surface area contributed by atoms with Crippen molar-refractivity contribution in [3.63, 3.8) is 0 Å². The number of thiazole rings is 1. The molecular weight excluding hydrogens is 294 g/mol. The molecule has 0 saturated heterocycles. The molecule has 0 radical (unpaired) electrons. The zero-order chi connectivity index (χ0) is 16.5. The molecule has 22 heavy (non-hydrogen) atoms. The third-order valence-electron chi connectivity index (χ3n) is 3.43. The first-order chi connectivity index (χ1) is 10.2. The lowest BCUT2D eigenvalue weighted by molar-refractivity contribution is 0.0998. The standard InChI is InChI=1S/C17H19N3OS/c1-11-14(17(2,3)4)22-16(20(11)5)19-15(21)13-8-6-7-12(9-13)10-18/h6-9H,1-5H3/b19-16-. The van der Waals surface area contributed by atoms with E-state index >= 15 is 0 Å². The maximum absolute atomic E-state index is 12.3. The first-order valence-electron chi connectivity index (χ1n) is 7.00. The average Bonchev–Trinajstić information content (AvgIpc) is 2.75. The quantitative estimate of drug-likeness (QED) is 0.811. The SMILES string of the molecule is Cc1c(C(C)(C)C)s/c(=N\C(=O)c2cccc(C#N)c2)n1C. The molecule has 0 spiro atoms. The van der Waals surface area contributed by atoms with E-state index < -0.39 is 0 Å². The third-order valence-corrected chi connectivity index (χ3v) is 5.09. The minimum Gasteiger partial charge on any atom is -0.324 e. The van der Waals surface area contributed by atoms with Crippen LogP contribution in [-0.2, 0) is 12.5 Å². The van der Waals surface area contributed by atoms with Crippen LogP contribution in [0.2, 0.25) is 0 Å². The predicted octanol–water partition coefficient (Wildman–Crippen LogP) is 3.31. The van der Waals surface area contributed by atoms with Gasteiger partial charge in [-0.3, -0.25) is 4.79 Å². The number of nitriles is 1. The van der Waals surface area contributed by atoms with Gasteiger partial charge < -0.3 is 4.57 Å². The summed E-state index contributed by atoms with van der Waals surface area (Å²) in [5.41, 5.74) is 2.03. The number of aromatic nitrogens is 1. The van der Waals surface area contributed by atoms with Crippen molar-refractivity contribution in [3.8, 4) is 6.07 Å². The minimum atomic E-state index is -0.325. The number of rotatable bonds is 1. The molecule has 2 rings (SSSR count). The van der Waals surface area contributed by atoms with Crippen LogP contribution in [0.4, 0.5) is 0 Å². The summed E-state index contributed by atoms with van der Waals surface area (Å²) in [5.74, 6) is -0.325. The van der Waals surface area contributed by atoms with Crippen molar-refractivity contribution < 1.29 is 4.79 Å². The fourth-order valence-corrected chi connectivity index (χ4v) is 3.37. The Balaban J connectivity index is 2.50. The van der Waals surface area contributed by atoms with Crippen molar-refractivity contribution in [1.82, 2.24) is 4.57 Å². The van der Waals surface area contributed by atoms with Gasteiger partial charge in [-0.15, -0.1) is 11.3 Å². The topological polar surface area (TPSA) is 58.1 Å². The highest BCUT2D eigenvalue weighted by atomic mass is 32.1. The van der Waals surface area contributed by atoms with Crippen LogP contribution in [0.1, 0.15) is 47.3 Å². The lowest BCUT2D eigenvalue weighted by Crippen LogP contribution is -2.15. The highest BCUT2D eigenvalue weighted by Gasteiger charge is 2.21. The molecule has 0 aliphatic heterocycles. The van der Waals surface area contributed by atoms with Gasteiger partial charge in [-0.2, -0.15) is 10.3 Å². The van der Waals surface area contributed by atoms with Crippen molar-refractivity contribution in [2.24, 2.45) is 12.0 Å². The molecule has 1 aromatic carbocycles. The molecule has 0 saturated carbocycles. The number of carbonyl (C=O) groups is 1. The molecule has 1 heterocycles. The Morgan fingerprint density at radius 3 is 2.59 bits per heavy atom. The molecule has 1 aromatic heterocycles. The number of hydrogen-bond acceptors (Lipinski definition) is 3. The van der Waals surface area contributed by atoms with E-state index in [0.717, 1.165) is 5.69 Å². The van der Waals surface area contributed by atoms with Crippen molar-refractivity contribution in [2.45, 2.75) is 33.1 Å². The molecule has 114 valence electrons. The summed E-state index contributed by atoms with van der Waals surface area (Å²) in [5, 5.41) is 8.91. The van der Waals surface area contributed by atoms with Gasteiger partial charge in [0.15, 0.2) is 4.80 Å². The Kier molecular flexibility index (Phi) is 4.34. The third kappa shape index (κ3) is 3.18. The van der Waals surface area contributed by atoms with Gasteiger partial charge in [0.05, 0.1) is 11.6 Å². The second-order valence-electron chi connectivity index (χ2n) is 6.22. The van der Waals surface area contributed by atoms with Crippen LogP contribution in [0.15, 0.2) is 29.3 Å². The molecule has 0 atom stereocenters. The van der Waals surface area contributed by atoms with Crippen LogP contribution in [0.25, 0.3) is 0 Å². The second kappa shape index (κ2) is 5.90. The van der Waals surface area contributed by atoms with Gasteiger partial charge in [0.2, 0.25) is 0 Å². The van der Waals surface area contributed by atoms with Gasteiger partial charge in [0, 0.05) is 23.2 Å². The molecule has 0 N–H and O–H groups in total. The summed E-state index contributed by atoms with van der Waals surface area (Å²) in [7, 11) is 1.92. The van der Waals surface area contributed by atoms with Gasteiger partial charge in [0.1, 0.15) is 0 Å². The van der Waals surface area contributed by atoms with Crippen molar-refractivity contribution in [3.05, 3.63) is 50.8 Å². The van der Waals surface area contributed by atoms with E-state index in [0.29, 0.717) is 15.9 Å². The van der Waals surface area contributed by atoms with Crippen LogP contribution in [0.3, 0.4) is 0 Å². The van der Waals surface area contributed by atoms with Crippen molar-refractivity contribution in [1.29, 1.82) is 5.26 Å². The van der Waals surface area contributed by atoms with E-state index in [1.165, 1.54) is 16.2 Å². The Hall–Kier alpha value is -2.19. The Bertz CT molecular complexity index is 829. The maximum Gasteiger partial charge on any atom is 0.279 e. The number of carbonyl (C=O) groups excluding carboxylic acids is 1. The van der Waals surface area contributed by atoms with Crippen LogP contribution in [0, 0.1) is 18.3 Å². The summed E-state index contributed by atoms with van der Waals surface area (Å²) >= 11 is 1.54. The van der Waals surface area contributed by atoms with Crippen molar-refractivity contribution >= 4 is 17.2 Å².